The van der Waals surface area contributed by atoms with Crippen molar-refractivity contribution in [3.05, 3.63) is 150 Å². The number of rotatable bonds is 3. The van der Waals surface area contributed by atoms with Crippen LogP contribution in [0.2, 0.25) is 0 Å². The van der Waals surface area contributed by atoms with Crippen molar-refractivity contribution in [3.8, 4) is 11.1 Å². The molecule has 0 spiro atoms. The second-order valence-corrected chi connectivity index (χ2v) is 18.1. The van der Waals surface area contributed by atoms with Crippen LogP contribution in [0.3, 0.4) is 0 Å². The van der Waals surface area contributed by atoms with Crippen molar-refractivity contribution >= 4 is 79.4 Å². The molecule has 0 saturated carbocycles. The lowest BCUT2D eigenvalue weighted by Crippen LogP contribution is -2.45. The van der Waals surface area contributed by atoms with E-state index in [-0.39, 0.29) is 16.2 Å². The van der Waals surface area contributed by atoms with E-state index in [0.717, 1.165) is 46.2 Å². The molecule has 1 aliphatic carbocycles. The van der Waals surface area contributed by atoms with E-state index < -0.39 is 0 Å². The molecule has 0 unspecified atom stereocenters. The number of hydrogen-bond acceptors (Lipinski definition) is 3. The lowest BCUT2D eigenvalue weighted by Gasteiger charge is -2.46. The van der Waals surface area contributed by atoms with Gasteiger partial charge in [0.2, 0.25) is 0 Å². The molecule has 55 heavy (non-hydrogen) atoms. The summed E-state index contributed by atoms with van der Waals surface area (Å²) in [6, 6.07) is 47.5. The van der Waals surface area contributed by atoms with Crippen LogP contribution >= 0.6 is 0 Å². The standard InChI is InChI=1S/C51H45BN2O/c1-49(2)24-25-50(3,4)39-27-31(22-23-36(39)49)53-41-28-34-33-16-9-12-21-44(33)55-45(34)29-35(41)46-32-15-8-7-14-30(32)26-43-47(46)52-40-19-13-18-38-48(40)54(43)42-20-11-10-17-37(42)51(38,5)6/h7-23,26-29,52-53H,24-25H2,1-6H3. The Hall–Kier alpha value is -5.74. The highest BCUT2D eigenvalue weighted by atomic mass is 16.3. The van der Waals surface area contributed by atoms with Crippen LogP contribution in [-0.2, 0) is 16.2 Å². The average Bonchev–Trinajstić information content (AvgIpc) is 3.54. The first-order valence-corrected chi connectivity index (χ1v) is 19.9. The average molecular weight is 713 g/mol. The monoisotopic (exact) mass is 712 g/mol. The Bertz CT molecular complexity index is 2930. The van der Waals surface area contributed by atoms with Gasteiger partial charge in [0.05, 0.1) is 5.69 Å². The van der Waals surface area contributed by atoms with Gasteiger partial charge in [-0.1, -0.05) is 132 Å². The van der Waals surface area contributed by atoms with Gasteiger partial charge in [0, 0.05) is 44.5 Å². The van der Waals surface area contributed by atoms with E-state index in [1.54, 1.807) is 0 Å². The molecule has 0 bridgehead atoms. The van der Waals surface area contributed by atoms with Gasteiger partial charge in [0.25, 0.3) is 0 Å². The Morgan fingerprint density at radius 1 is 0.582 bits per heavy atom. The summed E-state index contributed by atoms with van der Waals surface area (Å²) in [6.45, 7) is 14.4. The van der Waals surface area contributed by atoms with Gasteiger partial charge in [-0.3, -0.25) is 0 Å². The molecule has 0 radical (unpaired) electrons. The zero-order valence-corrected chi connectivity index (χ0v) is 32.6. The number of nitrogens with one attached hydrogen (secondary N) is 1. The summed E-state index contributed by atoms with van der Waals surface area (Å²) in [5.41, 5.74) is 18.8. The third kappa shape index (κ3) is 4.64. The molecule has 8 aromatic rings. The summed E-state index contributed by atoms with van der Waals surface area (Å²) >= 11 is 0. The Balaban J connectivity index is 1.20. The topological polar surface area (TPSA) is 28.4 Å². The molecule has 7 aromatic carbocycles. The zero-order valence-electron chi connectivity index (χ0n) is 32.6. The first-order chi connectivity index (χ1) is 26.5. The van der Waals surface area contributed by atoms with Crippen LogP contribution in [0.1, 0.15) is 76.6 Å². The first kappa shape index (κ1) is 32.7. The Morgan fingerprint density at radius 2 is 1.31 bits per heavy atom. The second kappa shape index (κ2) is 11.2. The molecular formula is C51H45BN2O. The number of benzene rings is 7. The number of para-hydroxylation sites is 3. The minimum atomic E-state index is -0.113. The highest BCUT2D eigenvalue weighted by Gasteiger charge is 2.41. The van der Waals surface area contributed by atoms with Gasteiger partial charge >= 0.3 is 0 Å². The van der Waals surface area contributed by atoms with E-state index in [9.17, 15) is 0 Å². The lowest BCUT2D eigenvalue weighted by molar-refractivity contribution is 0.332. The van der Waals surface area contributed by atoms with Crippen molar-refractivity contribution in [3.63, 3.8) is 0 Å². The number of nitrogens with zero attached hydrogens (tertiary/aromatic N) is 1. The molecule has 0 saturated heterocycles. The first-order valence-electron chi connectivity index (χ1n) is 19.9. The summed E-state index contributed by atoms with van der Waals surface area (Å²) in [5, 5.41) is 8.77. The van der Waals surface area contributed by atoms with E-state index in [1.165, 1.54) is 79.4 Å². The molecule has 3 aliphatic rings. The summed E-state index contributed by atoms with van der Waals surface area (Å²) in [6.07, 6.45) is 2.38. The van der Waals surface area contributed by atoms with Crippen molar-refractivity contribution in [1.82, 2.24) is 0 Å². The van der Waals surface area contributed by atoms with Crippen LogP contribution in [0.5, 0.6) is 0 Å². The van der Waals surface area contributed by atoms with E-state index in [0.29, 0.717) is 0 Å². The molecule has 1 N–H and O–H groups in total. The van der Waals surface area contributed by atoms with Crippen LogP contribution in [-0.4, -0.2) is 7.28 Å². The number of furan rings is 1. The molecular weight excluding hydrogens is 667 g/mol. The van der Waals surface area contributed by atoms with Gasteiger partial charge in [-0.15, -0.1) is 0 Å². The fraction of sp³-hybridized carbons (Fsp3) is 0.216. The number of fused-ring (bicyclic) bond motifs is 9. The molecule has 3 nitrogen and oxygen atoms in total. The van der Waals surface area contributed by atoms with Crippen LogP contribution in [0.15, 0.2) is 132 Å². The fourth-order valence-electron chi connectivity index (χ4n) is 10.4. The molecule has 1 aromatic heterocycles. The van der Waals surface area contributed by atoms with Gasteiger partial charge in [0.1, 0.15) is 11.2 Å². The molecule has 0 fully saturated rings. The zero-order chi connectivity index (χ0) is 37.4. The molecule has 3 heterocycles. The SMILES string of the molecule is CC1(C)CCC(C)(C)c2cc(Nc3cc4c(cc3-c3c5c(cc6ccccc36)N3c6ccccc6C(C)(C)c6cccc(c63)B5)oc3ccccc34)ccc21. The van der Waals surface area contributed by atoms with Crippen LogP contribution < -0.4 is 21.1 Å². The van der Waals surface area contributed by atoms with E-state index in [2.05, 4.69) is 179 Å². The maximum absolute atomic E-state index is 6.66. The van der Waals surface area contributed by atoms with Crippen molar-refractivity contribution in [2.45, 2.75) is 70.6 Å². The van der Waals surface area contributed by atoms with E-state index in [4.69, 9.17) is 4.42 Å². The molecule has 11 rings (SSSR count). The number of hydrogen-bond donors (Lipinski definition) is 1. The van der Waals surface area contributed by atoms with E-state index >= 15 is 0 Å². The van der Waals surface area contributed by atoms with Crippen LogP contribution in [0.4, 0.5) is 28.4 Å². The quantitative estimate of drug-likeness (QED) is 0.185. The van der Waals surface area contributed by atoms with Crippen molar-refractivity contribution in [1.29, 1.82) is 0 Å². The molecule has 0 amide bonds. The molecule has 268 valence electrons. The third-order valence-corrected chi connectivity index (χ3v) is 13.5. The summed E-state index contributed by atoms with van der Waals surface area (Å²) in [7, 11) is 0.840. The van der Waals surface area contributed by atoms with Crippen molar-refractivity contribution in [2.75, 3.05) is 10.2 Å². The molecule has 4 heteroatoms. The highest BCUT2D eigenvalue weighted by Crippen LogP contribution is 2.53. The van der Waals surface area contributed by atoms with Crippen LogP contribution in [0.25, 0.3) is 43.8 Å². The minimum absolute atomic E-state index is 0.107. The van der Waals surface area contributed by atoms with Crippen molar-refractivity contribution < 1.29 is 4.42 Å². The Labute approximate surface area is 324 Å². The normalized spacial score (nSPS) is 16.9. The summed E-state index contributed by atoms with van der Waals surface area (Å²) in [4.78, 5) is 2.57. The van der Waals surface area contributed by atoms with E-state index in [1.807, 2.05) is 0 Å². The largest absolute Gasteiger partial charge is 0.456 e. The predicted molar refractivity (Wildman–Crippen MR) is 235 cm³/mol. The summed E-state index contributed by atoms with van der Waals surface area (Å²) < 4.78 is 6.66. The summed E-state index contributed by atoms with van der Waals surface area (Å²) in [5.74, 6) is 0. The maximum Gasteiger partial charge on any atom is 0.198 e. The minimum Gasteiger partial charge on any atom is -0.456 e. The van der Waals surface area contributed by atoms with Gasteiger partial charge < -0.3 is 14.6 Å². The fourth-order valence-corrected chi connectivity index (χ4v) is 10.4. The predicted octanol–water partition coefficient (Wildman–Crippen LogP) is 12.3. The van der Waals surface area contributed by atoms with Crippen LogP contribution in [0, 0.1) is 0 Å². The number of anilines is 5. The Kier molecular flexibility index (Phi) is 6.63. The maximum atomic E-state index is 6.66. The molecule has 0 atom stereocenters. The second-order valence-electron chi connectivity index (χ2n) is 18.1. The Morgan fingerprint density at radius 3 is 2.16 bits per heavy atom. The highest BCUT2D eigenvalue weighted by molar-refractivity contribution is 6.74. The lowest BCUT2D eigenvalue weighted by atomic mass is 9.55. The molecule has 2 aliphatic heterocycles. The third-order valence-electron chi connectivity index (χ3n) is 13.5. The van der Waals surface area contributed by atoms with Gasteiger partial charge in [-0.25, -0.2) is 0 Å². The van der Waals surface area contributed by atoms with Gasteiger partial charge in [-0.05, 0) is 110 Å². The van der Waals surface area contributed by atoms with Gasteiger partial charge in [-0.2, -0.15) is 0 Å². The smallest absolute Gasteiger partial charge is 0.198 e. The van der Waals surface area contributed by atoms with Crippen molar-refractivity contribution in [2.24, 2.45) is 0 Å². The van der Waals surface area contributed by atoms with Gasteiger partial charge in [0.15, 0.2) is 7.28 Å².